The Hall–Kier alpha value is -1.26. The number of ether oxygens (including phenoxy) is 2. The molecule has 4 nitrogen and oxygen atoms in total. The molecule has 2 N–H and O–H groups in total. The van der Waals surface area contributed by atoms with E-state index in [0.29, 0.717) is 19.3 Å². The minimum absolute atomic E-state index is 0.000207. The van der Waals surface area contributed by atoms with Gasteiger partial charge in [0.15, 0.2) is 11.5 Å². The van der Waals surface area contributed by atoms with Crippen molar-refractivity contribution in [3.63, 3.8) is 0 Å². The molecule has 20 heavy (non-hydrogen) atoms. The van der Waals surface area contributed by atoms with Crippen LogP contribution in [0.15, 0.2) is 18.2 Å². The maximum absolute atomic E-state index is 6.36. The molecular weight excluding hydrogens is 252 g/mol. The van der Waals surface area contributed by atoms with Gasteiger partial charge in [0, 0.05) is 18.6 Å². The third-order valence-corrected chi connectivity index (χ3v) is 3.67. The first-order valence-corrected chi connectivity index (χ1v) is 7.51. The molecule has 1 aromatic rings. The van der Waals surface area contributed by atoms with Gasteiger partial charge in [-0.1, -0.05) is 13.0 Å². The van der Waals surface area contributed by atoms with Crippen molar-refractivity contribution < 1.29 is 9.47 Å². The van der Waals surface area contributed by atoms with Gasteiger partial charge < -0.3 is 15.2 Å². The lowest BCUT2D eigenvalue weighted by molar-refractivity contribution is 0.171. The summed E-state index contributed by atoms with van der Waals surface area (Å²) in [6.07, 6.45) is 1.14. The Kier molecular flexibility index (Phi) is 5.26. The van der Waals surface area contributed by atoms with Gasteiger partial charge in [0.2, 0.25) is 0 Å². The summed E-state index contributed by atoms with van der Waals surface area (Å²) < 4.78 is 11.2. The Balaban J connectivity index is 2.06. The van der Waals surface area contributed by atoms with Gasteiger partial charge in [-0.2, -0.15) is 0 Å². The zero-order valence-electron chi connectivity index (χ0n) is 12.8. The third-order valence-electron chi connectivity index (χ3n) is 3.67. The van der Waals surface area contributed by atoms with E-state index in [0.717, 1.165) is 36.6 Å². The standard InChI is InChI=1S/C16H26N2O2/c1-4-7-18(12(2)3)11-14(17)13-5-6-15-16(10-13)20-9-8-19-15/h5-6,10,12,14H,4,7-9,11,17H2,1-3H3. The van der Waals surface area contributed by atoms with Crippen molar-refractivity contribution in [2.75, 3.05) is 26.3 Å². The molecule has 1 aromatic carbocycles. The van der Waals surface area contributed by atoms with Gasteiger partial charge in [-0.05, 0) is 44.5 Å². The van der Waals surface area contributed by atoms with Crippen LogP contribution in [0.25, 0.3) is 0 Å². The van der Waals surface area contributed by atoms with E-state index < -0.39 is 0 Å². The number of hydrogen-bond donors (Lipinski definition) is 1. The Labute approximate surface area is 121 Å². The molecule has 0 amide bonds. The molecule has 1 aliphatic rings. The van der Waals surface area contributed by atoms with Crippen LogP contribution >= 0.6 is 0 Å². The van der Waals surface area contributed by atoms with Crippen LogP contribution in [0.2, 0.25) is 0 Å². The number of nitrogens with zero attached hydrogens (tertiary/aromatic N) is 1. The van der Waals surface area contributed by atoms with Crippen molar-refractivity contribution in [3.05, 3.63) is 23.8 Å². The molecule has 0 radical (unpaired) electrons. The molecule has 0 spiro atoms. The highest BCUT2D eigenvalue weighted by Gasteiger charge is 2.17. The zero-order valence-corrected chi connectivity index (χ0v) is 12.8. The highest BCUT2D eigenvalue weighted by Crippen LogP contribution is 2.32. The highest BCUT2D eigenvalue weighted by atomic mass is 16.6. The van der Waals surface area contributed by atoms with Gasteiger partial charge in [-0.25, -0.2) is 0 Å². The predicted octanol–water partition coefficient (Wildman–Crippen LogP) is 2.58. The van der Waals surface area contributed by atoms with Gasteiger partial charge >= 0.3 is 0 Å². The van der Waals surface area contributed by atoms with Crippen molar-refractivity contribution in [2.24, 2.45) is 5.73 Å². The van der Waals surface area contributed by atoms with E-state index in [4.69, 9.17) is 15.2 Å². The van der Waals surface area contributed by atoms with Crippen molar-refractivity contribution in [3.8, 4) is 11.5 Å². The molecule has 0 aromatic heterocycles. The van der Waals surface area contributed by atoms with Gasteiger partial charge in [-0.15, -0.1) is 0 Å². The SMILES string of the molecule is CCCN(CC(N)c1ccc2c(c1)OCCO2)C(C)C. The minimum atomic E-state index is -0.000207. The molecule has 1 atom stereocenters. The van der Waals surface area contributed by atoms with Crippen molar-refractivity contribution in [1.82, 2.24) is 4.90 Å². The molecule has 0 aliphatic carbocycles. The van der Waals surface area contributed by atoms with Crippen LogP contribution in [-0.4, -0.2) is 37.2 Å². The van der Waals surface area contributed by atoms with Gasteiger partial charge in [0.05, 0.1) is 0 Å². The molecule has 112 valence electrons. The van der Waals surface area contributed by atoms with Crippen LogP contribution in [0.3, 0.4) is 0 Å². The summed E-state index contributed by atoms with van der Waals surface area (Å²) in [7, 11) is 0. The van der Waals surface area contributed by atoms with Crippen molar-refractivity contribution in [2.45, 2.75) is 39.3 Å². The van der Waals surface area contributed by atoms with Gasteiger partial charge in [-0.3, -0.25) is 4.90 Å². The Morgan fingerprint density at radius 2 is 1.90 bits per heavy atom. The summed E-state index contributed by atoms with van der Waals surface area (Å²) in [6, 6.07) is 6.54. The lowest BCUT2D eigenvalue weighted by Crippen LogP contribution is -2.37. The Morgan fingerprint density at radius 1 is 1.20 bits per heavy atom. The molecule has 0 bridgehead atoms. The van der Waals surface area contributed by atoms with Crippen LogP contribution in [0.1, 0.15) is 38.8 Å². The lowest BCUT2D eigenvalue weighted by Gasteiger charge is -2.29. The van der Waals surface area contributed by atoms with E-state index in [1.54, 1.807) is 0 Å². The Bertz CT molecular complexity index is 434. The number of nitrogens with two attached hydrogens (primary N) is 1. The largest absolute Gasteiger partial charge is 0.486 e. The minimum Gasteiger partial charge on any atom is -0.486 e. The highest BCUT2D eigenvalue weighted by molar-refractivity contribution is 5.44. The van der Waals surface area contributed by atoms with E-state index in [9.17, 15) is 0 Å². The second-order valence-electron chi connectivity index (χ2n) is 5.60. The number of rotatable bonds is 6. The first kappa shape index (κ1) is 15.1. The quantitative estimate of drug-likeness (QED) is 0.869. The van der Waals surface area contributed by atoms with E-state index in [1.807, 2.05) is 18.2 Å². The smallest absolute Gasteiger partial charge is 0.161 e. The third kappa shape index (κ3) is 3.64. The topological polar surface area (TPSA) is 47.7 Å². The fourth-order valence-electron chi connectivity index (χ4n) is 2.50. The van der Waals surface area contributed by atoms with Crippen molar-refractivity contribution >= 4 is 0 Å². The average molecular weight is 278 g/mol. The molecule has 2 rings (SSSR count). The summed E-state index contributed by atoms with van der Waals surface area (Å²) in [5, 5.41) is 0. The number of fused-ring (bicyclic) bond motifs is 1. The van der Waals surface area contributed by atoms with Gasteiger partial charge in [0.25, 0.3) is 0 Å². The van der Waals surface area contributed by atoms with E-state index in [-0.39, 0.29) is 6.04 Å². The average Bonchev–Trinajstić information content (AvgIpc) is 2.46. The molecule has 1 unspecified atom stereocenters. The van der Waals surface area contributed by atoms with E-state index in [2.05, 4.69) is 25.7 Å². The molecule has 1 heterocycles. The molecular formula is C16H26N2O2. The first-order chi connectivity index (χ1) is 9.61. The summed E-state index contributed by atoms with van der Waals surface area (Å²) in [5.74, 6) is 1.64. The Morgan fingerprint density at radius 3 is 2.55 bits per heavy atom. The predicted molar refractivity (Wildman–Crippen MR) is 81.4 cm³/mol. The number of hydrogen-bond acceptors (Lipinski definition) is 4. The summed E-state index contributed by atoms with van der Waals surface area (Å²) >= 11 is 0. The molecule has 1 aliphatic heterocycles. The molecule has 0 fully saturated rings. The monoisotopic (exact) mass is 278 g/mol. The van der Waals surface area contributed by atoms with Crippen LogP contribution in [-0.2, 0) is 0 Å². The maximum atomic E-state index is 6.36. The normalized spacial score (nSPS) is 15.7. The van der Waals surface area contributed by atoms with E-state index in [1.165, 1.54) is 0 Å². The lowest BCUT2D eigenvalue weighted by atomic mass is 10.1. The molecule has 0 saturated heterocycles. The fraction of sp³-hybridized carbons (Fsp3) is 0.625. The maximum Gasteiger partial charge on any atom is 0.161 e. The zero-order chi connectivity index (χ0) is 14.5. The van der Waals surface area contributed by atoms with Crippen LogP contribution in [0.5, 0.6) is 11.5 Å². The second-order valence-corrected chi connectivity index (χ2v) is 5.60. The summed E-state index contributed by atoms with van der Waals surface area (Å²) in [5.41, 5.74) is 7.47. The van der Waals surface area contributed by atoms with Crippen LogP contribution in [0, 0.1) is 0 Å². The molecule has 0 saturated carbocycles. The van der Waals surface area contributed by atoms with Crippen molar-refractivity contribution in [1.29, 1.82) is 0 Å². The van der Waals surface area contributed by atoms with E-state index >= 15 is 0 Å². The summed E-state index contributed by atoms with van der Waals surface area (Å²) in [6.45, 7) is 9.81. The second kappa shape index (κ2) is 6.95. The summed E-state index contributed by atoms with van der Waals surface area (Å²) in [4.78, 5) is 2.42. The number of benzene rings is 1. The fourth-order valence-corrected chi connectivity index (χ4v) is 2.50. The van der Waals surface area contributed by atoms with Crippen LogP contribution < -0.4 is 15.2 Å². The van der Waals surface area contributed by atoms with Gasteiger partial charge in [0.1, 0.15) is 13.2 Å². The molecule has 4 heteroatoms. The first-order valence-electron chi connectivity index (χ1n) is 7.51. The van der Waals surface area contributed by atoms with Crippen LogP contribution in [0.4, 0.5) is 0 Å².